The molecule has 13 N–H and O–H groups in total. The minimum absolute atomic E-state index is 0.120. The number of aliphatic hydroxyl groups excluding tert-OH is 1. The van der Waals surface area contributed by atoms with Crippen molar-refractivity contribution < 1.29 is 39.3 Å². The molecule has 206 valence electrons. The van der Waals surface area contributed by atoms with Gasteiger partial charge in [0.25, 0.3) is 0 Å². The van der Waals surface area contributed by atoms with Crippen LogP contribution in [0.3, 0.4) is 0 Å². The van der Waals surface area contributed by atoms with E-state index >= 15 is 0 Å². The third kappa shape index (κ3) is 11.8. The van der Waals surface area contributed by atoms with Crippen molar-refractivity contribution in [2.45, 2.75) is 56.3 Å². The first-order chi connectivity index (χ1) is 17.4. The van der Waals surface area contributed by atoms with Crippen molar-refractivity contribution in [3.63, 3.8) is 0 Å². The summed E-state index contributed by atoms with van der Waals surface area (Å²) in [5, 5.41) is 34.2. The maximum atomic E-state index is 13.0. The predicted octanol–water partition coefficient (Wildman–Crippen LogP) is -4.27. The number of hydrogen-bond acceptors (Lipinski definition) is 9. The van der Waals surface area contributed by atoms with Gasteiger partial charge in [-0.1, -0.05) is 0 Å². The molecular weight excluding hydrogens is 494 g/mol. The van der Waals surface area contributed by atoms with Gasteiger partial charge in [0.05, 0.1) is 19.0 Å². The maximum absolute atomic E-state index is 13.0. The van der Waals surface area contributed by atoms with E-state index in [0.717, 1.165) is 0 Å². The van der Waals surface area contributed by atoms with Crippen LogP contribution in [0.25, 0.3) is 0 Å². The minimum Gasteiger partial charge on any atom is -0.481 e. The molecule has 1 heterocycles. The second-order valence-electron chi connectivity index (χ2n) is 7.97. The fourth-order valence-electron chi connectivity index (χ4n) is 3.02. The SMILES string of the molecule is NC(N)=NCCCC(N)C(=O)NC(CCC(=O)O)C(=O)NC(Cc1cnc[nH]1)C(=O)NC(CO)C(=O)O. The number of amides is 3. The lowest BCUT2D eigenvalue weighted by molar-refractivity contribution is -0.143. The van der Waals surface area contributed by atoms with Crippen molar-refractivity contribution >= 4 is 35.6 Å². The number of aromatic amines is 1. The van der Waals surface area contributed by atoms with Gasteiger partial charge in [-0.25, -0.2) is 9.78 Å². The Morgan fingerprint density at radius 1 is 0.973 bits per heavy atom. The fourth-order valence-corrected chi connectivity index (χ4v) is 3.02. The van der Waals surface area contributed by atoms with Crippen molar-refractivity contribution in [3.05, 3.63) is 18.2 Å². The summed E-state index contributed by atoms with van der Waals surface area (Å²) in [4.78, 5) is 70.8. The Kier molecular flexibility index (Phi) is 13.0. The summed E-state index contributed by atoms with van der Waals surface area (Å²) >= 11 is 0. The van der Waals surface area contributed by atoms with Crippen LogP contribution in [-0.2, 0) is 30.4 Å². The molecule has 0 fully saturated rings. The van der Waals surface area contributed by atoms with Gasteiger partial charge in [-0.3, -0.25) is 24.2 Å². The normalized spacial score (nSPS) is 13.9. The lowest BCUT2D eigenvalue weighted by Gasteiger charge is -2.24. The molecule has 4 atom stereocenters. The molecule has 3 amide bonds. The number of guanidine groups is 1. The van der Waals surface area contributed by atoms with Crippen LogP contribution in [0.5, 0.6) is 0 Å². The van der Waals surface area contributed by atoms with Crippen molar-refractivity contribution in [1.29, 1.82) is 0 Å². The third-order valence-electron chi connectivity index (χ3n) is 4.99. The lowest BCUT2D eigenvalue weighted by atomic mass is 10.1. The number of imidazole rings is 1. The highest BCUT2D eigenvalue weighted by Gasteiger charge is 2.30. The first-order valence-electron chi connectivity index (χ1n) is 11.2. The highest BCUT2D eigenvalue weighted by molar-refractivity contribution is 5.94. The van der Waals surface area contributed by atoms with Crippen LogP contribution >= 0.6 is 0 Å². The van der Waals surface area contributed by atoms with E-state index in [-0.39, 0.29) is 31.8 Å². The Hall–Kier alpha value is -4.25. The highest BCUT2D eigenvalue weighted by Crippen LogP contribution is 2.05. The van der Waals surface area contributed by atoms with E-state index < -0.39 is 66.9 Å². The number of nitrogens with zero attached hydrogens (tertiary/aromatic N) is 2. The summed E-state index contributed by atoms with van der Waals surface area (Å²) in [6.45, 7) is -0.675. The number of H-pyrrole nitrogens is 1. The van der Waals surface area contributed by atoms with Gasteiger partial charge in [-0.05, 0) is 19.3 Å². The van der Waals surface area contributed by atoms with Gasteiger partial charge in [0.15, 0.2) is 5.96 Å². The van der Waals surface area contributed by atoms with Crippen LogP contribution < -0.4 is 33.2 Å². The molecule has 0 aromatic carbocycles. The van der Waals surface area contributed by atoms with Crippen LogP contribution in [0.2, 0.25) is 0 Å². The van der Waals surface area contributed by atoms with Gasteiger partial charge in [-0.15, -0.1) is 0 Å². The number of carbonyl (C=O) groups is 5. The van der Waals surface area contributed by atoms with Gasteiger partial charge in [0.2, 0.25) is 17.7 Å². The zero-order valence-corrected chi connectivity index (χ0v) is 19.9. The van der Waals surface area contributed by atoms with Gasteiger partial charge >= 0.3 is 11.9 Å². The largest absolute Gasteiger partial charge is 0.481 e. The van der Waals surface area contributed by atoms with E-state index in [0.29, 0.717) is 12.1 Å². The Bertz CT molecular complexity index is 950. The molecular formula is C20H33N9O8. The number of aliphatic hydroxyl groups is 1. The number of carbonyl (C=O) groups excluding carboxylic acids is 3. The summed E-state index contributed by atoms with van der Waals surface area (Å²) in [6, 6.07) is -5.43. The first-order valence-corrected chi connectivity index (χ1v) is 11.2. The summed E-state index contributed by atoms with van der Waals surface area (Å²) in [7, 11) is 0. The lowest BCUT2D eigenvalue weighted by Crippen LogP contribution is -2.58. The smallest absolute Gasteiger partial charge is 0.328 e. The number of aliphatic carboxylic acids is 2. The van der Waals surface area contributed by atoms with E-state index in [2.05, 4.69) is 30.9 Å². The predicted molar refractivity (Wildman–Crippen MR) is 128 cm³/mol. The number of hydrogen-bond donors (Lipinski definition) is 10. The number of aliphatic imine (C=N–C) groups is 1. The number of rotatable bonds is 17. The molecule has 17 heteroatoms. The molecule has 0 aliphatic carbocycles. The molecule has 1 aromatic heterocycles. The molecule has 0 radical (unpaired) electrons. The van der Waals surface area contributed by atoms with Crippen LogP contribution in [-0.4, -0.2) is 98.2 Å². The van der Waals surface area contributed by atoms with Gasteiger partial charge in [0, 0.05) is 31.3 Å². The highest BCUT2D eigenvalue weighted by atomic mass is 16.4. The summed E-state index contributed by atoms with van der Waals surface area (Å²) in [5.41, 5.74) is 16.7. The van der Waals surface area contributed by atoms with E-state index in [1.165, 1.54) is 12.5 Å². The molecule has 1 rings (SSSR count). The van der Waals surface area contributed by atoms with Gasteiger partial charge in [0.1, 0.15) is 18.1 Å². The topological polar surface area (TPSA) is 301 Å². The average molecular weight is 528 g/mol. The Balaban J connectivity index is 2.97. The number of carboxylic acid groups (broad SMARTS) is 2. The third-order valence-corrected chi connectivity index (χ3v) is 4.99. The summed E-state index contributed by atoms with van der Waals surface area (Å²) in [6.07, 6.45) is 2.27. The van der Waals surface area contributed by atoms with Crippen molar-refractivity contribution in [2.75, 3.05) is 13.2 Å². The summed E-state index contributed by atoms with van der Waals surface area (Å²) < 4.78 is 0. The fraction of sp³-hybridized carbons (Fsp3) is 0.550. The molecule has 0 saturated heterocycles. The van der Waals surface area contributed by atoms with Gasteiger partial charge in [-0.2, -0.15) is 0 Å². The monoisotopic (exact) mass is 527 g/mol. The number of aromatic nitrogens is 2. The molecule has 0 aliphatic heterocycles. The van der Waals surface area contributed by atoms with Crippen LogP contribution in [0.1, 0.15) is 31.4 Å². The summed E-state index contributed by atoms with van der Waals surface area (Å²) in [5.74, 6) is -5.43. The zero-order chi connectivity index (χ0) is 28.0. The molecule has 0 saturated carbocycles. The van der Waals surface area contributed by atoms with Crippen molar-refractivity contribution in [2.24, 2.45) is 22.2 Å². The quantitative estimate of drug-likeness (QED) is 0.0523. The van der Waals surface area contributed by atoms with E-state index in [4.69, 9.17) is 27.4 Å². The van der Waals surface area contributed by atoms with Crippen molar-refractivity contribution in [1.82, 2.24) is 25.9 Å². The zero-order valence-electron chi connectivity index (χ0n) is 19.9. The van der Waals surface area contributed by atoms with E-state index in [1.807, 2.05) is 0 Å². The molecule has 0 bridgehead atoms. The molecule has 0 spiro atoms. The maximum Gasteiger partial charge on any atom is 0.328 e. The first kappa shape index (κ1) is 30.8. The second kappa shape index (κ2) is 15.7. The minimum atomic E-state index is -1.63. The average Bonchev–Trinajstić information content (AvgIpc) is 3.34. The molecule has 1 aromatic rings. The number of carboxylic acids is 2. The Morgan fingerprint density at radius 3 is 2.14 bits per heavy atom. The van der Waals surface area contributed by atoms with E-state index in [1.54, 1.807) is 0 Å². The second-order valence-corrected chi connectivity index (χ2v) is 7.97. The molecule has 0 aliphatic rings. The number of nitrogens with one attached hydrogen (secondary N) is 4. The number of nitrogens with two attached hydrogens (primary N) is 3. The van der Waals surface area contributed by atoms with Crippen LogP contribution in [0.15, 0.2) is 17.5 Å². The molecule has 4 unspecified atom stereocenters. The Labute approximate surface area is 211 Å². The standard InChI is InChI=1S/C20H33N9O8/c21-11(2-1-5-25-20(22)23)16(33)27-12(3-4-15(31)32)17(34)28-13(6-10-7-24-9-26-10)18(35)29-14(8-30)19(36)37/h7,9,11-14,30H,1-6,8,21H2,(H,24,26)(H,27,33)(H,28,34)(H,29,35)(H,31,32)(H,36,37)(H4,22,23,25). The van der Waals surface area contributed by atoms with Crippen LogP contribution in [0.4, 0.5) is 0 Å². The molecule has 37 heavy (non-hydrogen) atoms. The van der Waals surface area contributed by atoms with Gasteiger partial charge < -0.3 is 53.5 Å². The Morgan fingerprint density at radius 2 is 1.59 bits per heavy atom. The van der Waals surface area contributed by atoms with Crippen LogP contribution in [0, 0.1) is 0 Å². The van der Waals surface area contributed by atoms with Crippen molar-refractivity contribution in [3.8, 4) is 0 Å². The molecule has 17 nitrogen and oxygen atoms in total. The van der Waals surface area contributed by atoms with E-state index in [9.17, 15) is 29.1 Å².